The largest absolute Gasteiger partial charge is 0.387 e. The average molecular weight is 532 g/mol. The van der Waals surface area contributed by atoms with Crippen LogP contribution < -0.4 is 5.69 Å². The zero-order valence-electron chi connectivity index (χ0n) is 12.4. The molecular weight excluding hydrogens is 517 g/mol. The molecule has 119 valence electrons. The van der Waals surface area contributed by atoms with E-state index in [2.05, 4.69) is 15.1 Å². The van der Waals surface area contributed by atoms with E-state index in [-0.39, 0.29) is 44.1 Å². The number of hydrogen-bond donors (Lipinski definition) is 1. The number of aliphatic hydroxyl groups is 1. The summed E-state index contributed by atoms with van der Waals surface area (Å²) in [5, 5.41) is 14.2. The van der Waals surface area contributed by atoms with Crippen molar-refractivity contribution in [3.63, 3.8) is 0 Å². The summed E-state index contributed by atoms with van der Waals surface area (Å²) < 4.78 is 14.2. The zero-order chi connectivity index (χ0) is 15.3. The predicted molar refractivity (Wildman–Crippen MR) is 72.3 cm³/mol. The van der Waals surface area contributed by atoms with Gasteiger partial charge < -0.3 is 14.6 Å². The van der Waals surface area contributed by atoms with Gasteiger partial charge in [-0.25, -0.2) is 14.5 Å². The van der Waals surface area contributed by atoms with Crippen LogP contribution in [0, 0.1) is 44.1 Å². The van der Waals surface area contributed by atoms with Gasteiger partial charge >= 0.3 is 5.69 Å². The summed E-state index contributed by atoms with van der Waals surface area (Å²) in [6.45, 7) is 2.26. The molecular formula is C13H15AcN5O4. The molecule has 2 bridgehead atoms. The SMILES string of the molecule is CCC12COC(C(n3ccc(-n4cncn4)nc3=O)O1)C2O.[Ac]. The van der Waals surface area contributed by atoms with E-state index in [0.717, 1.165) is 0 Å². The fourth-order valence-corrected chi connectivity index (χ4v) is 3.02. The Morgan fingerprint density at radius 2 is 2.35 bits per heavy atom. The van der Waals surface area contributed by atoms with Gasteiger partial charge in [0.15, 0.2) is 12.0 Å². The second-order valence-corrected chi connectivity index (χ2v) is 5.46. The molecule has 2 aliphatic rings. The molecule has 2 aromatic heterocycles. The van der Waals surface area contributed by atoms with Crippen LogP contribution in [-0.4, -0.2) is 53.8 Å². The van der Waals surface area contributed by atoms with Crippen molar-refractivity contribution in [3.05, 3.63) is 35.4 Å². The molecule has 2 fully saturated rings. The first-order valence-electron chi connectivity index (χ1n) is 7.06. The topological polar surface area (TPSA) is 104 Å². The van der Waals surface area contributed by atoms with E-state index < -0.39 is 29.7 Å². The van der Waals surface area contributed by atoms with Gasteiger partial charge in [0.25, 0.3) is 0 Å². The maximum Gasteiger partial charge on any atom is 0.351 e. The van der Waals surface area contributed by atoms with Crippen molar-refractivity contribution in [1.29, 1.82) is 0 Å². The number of ether oxygens (including phenoxy) is 2. The number of aliphatic hydroxyl groups excluding tert-OH is 1. The van der Waals surface area contributed by atoms with Crippen LogP contribution in [-0.2, 0) is 9.47 Å². The zero-order valence-corrected chi connectivity index (χ0v) is 17.2. The number of rotatable bonds is 3. The van der Waals surface area contributed by atoms with E-state index in [4.69, 9.17) is 9.47 Å². The van der Waals surface area contributed by atoms with E-state index in [1.165, 1.54) is 21.9 Å². The molecule has 0 spiro atoms. The minimum Gasteiger partial charge on any atom is -0.387 e. The number of nitrogens with zero attached hydrogens (tertiary/aromatic N) is 5. The van der Waals surface area contributed by atoms with Crippen LogP contribution in [0.2, 0.25) is 0 Å². The van der Waals surface area contributed by atoms with E-state index >= 15 is 0 Å². The summed E-state index contributed by atoms with van der Waals surface area (Å²) in [5.41, 5.74) is -1.23. The van der Waals surface area contributed by atoms with Gasteiger partial charge in [0.1, 0.15) is 30.5 Å². The molecule has 2 saturated heterocycles. The fourth-order valence-electron chi connectivity index (χ4n) is 3.02. The molecule has 2 aliphatic heterocycles. The Labute approximate surface area is 167 Å². The Hall–Kier alpha value is -0.658. The fraction of sp³-hybridized carbons (Fsp3) is 0.538. The first-order valence-corrected chi connectivity index (χ1v) is 7.06. The Morgan fingerprint density at radius 1 is 1.52 bits per heavy atom. The molecule has 23 heavy (non-hydrogen) atoms. The molecule has 0 saturated carbocycles. The minimum atomic E-state index is -0.746. The van der Waals surface area contributed by atoms with Gasteiger partial charge in [0.05, 0.1) is 6.61 Å². The molecule has 4 heterocycles. The summed E-state index contributed by atoms with van der Waals surface area (Å²) in [6.07, 6.45) is 3.02. The van der Waals surface area contributed by atoms with Gasteiger partial charge in [-0.1, -0.05) is 6.92 Å². The van der Waals surface area contributed by atoms with Crippen molar-refractivity contribution in [3.8, 4) is 5.82 Å². The van der Waals surface area contributed by atoms with Crippen LogP contribution in [0.25, 0.3) is 5.82 Å². The van der Waals surface area contributed by atoms with E-state index in [1.807, 2.05) is 6.92 Å². The number of hydrogen-bond acceptors (Lipinski definition) is 7. The molecule has 4 rings (SSSR count). The standard InChI is InChI=1S/C13H15N5O4.Ac/c1-2-13-5-21-9(10(13)19)11(22-13)17-4-3-8(16-12(17)20)18-7-14-6-15-18;/h3-4,6-7,9-11,19H,2,5H2,1H3;. The van der Waals surface area contributed by atoms with Crippen molar-refractivity contribution in [1.82, 2.24) is 24.3 Å². The third-order valence-electron chi connectivity index (χ3n) is 4.35. The van der Waals surface area contributed by atoms with E-state index in [9.17, 15) is 9.90 Å². The second-order valence-electron chi connectivity index (χ2n) is 5.46. The third-order valence-corrected chi connectivity index (χ3v) is 4.35. The molecule has 4 atom stereocenters. The van der Waals surface area contributed by atoms with Crippen molar-refractivity contribution in [2.24, 2.45) is 0 Å². The Bertz CT molecular complexity index is 751. The van der Waals surface area contributed by atoms with Crippen molar-refractivity contribution in [2.75, 3.05) is 6.61 Å². The molecule has 0 amide bonds. The van der Waals surface area contributed by atoms with E-state index in [0.29, 0.717) is 18.8 Å². The minimum absolute atomic E-state index is 0. The molecule has 0 aromatic carbocycles. The van der Waals surface area contributed by atoms with Crippen molar-refractivity contribution in [2.45, 2.75) is 37.4 Å². The summed E-state index contributed by atoms with van der Waals surface area (Å²) in [5.74, 6) is 0.369. The maximum absolute atomic E-state index is 12.3. The first-order chi connectivity index (χ1) is 10.6. The van der Waals surface area contributed by atoms with Gasteiger partial charge in [-0.3, -0.25) is 4.57 Å². The monoisotopic (exact) mass is 532 g/mol. The predicted octanol–water partition coefficient (Wildman–Crippen LogP) is -0.739. The maximum atomic E-state index is 12.3. The summed E-state index contributed by atoms with van der Waals surface area (Å²) >= 11 is 0. The molecule has 10 heteroatoms. The molecule has 1 radical (unpaired) electrons. The Balaban J connectivity index is 0.00000156. The van der Waals surface area contributed by atoms with E-state index in [1.54, 1.807) is 12.3 Å². The summed E-state index contributed by atoms with van der Waals surface area (Å²) in [4.78, 5) is 20.1. The molecule has 1 N–H and O–H groups in total. The number of fused-ring (bicyclic) bond motifs is 2. The molecule has 9 nitrogen and oxygen atoms in total. The van der Waals surface area contributed by atoms with Gasteiger partial charge in [0, 0.05) is 50.3 Å². The van der Waals surface area contributed by atoms with Gasteiger partial charge in [-0.05, 0) is 12.5 Å². The van der Waals surface area contributed by atoms with Crippen LogP contribution >= 0.6 is 0 Å². The second kappa shape index (κ2) is 6.33. The molecule has 0 aliphatic carbocycles. The third kappa shape index (κ3) is 2.61. The average Bonchev–Trinajstić information content (AvgIpc) is 3.23. The number of aromatic nitrogens is 5. The van der Waals surface area contributed by atoms with Gasteiger partial charge in [-0.15, -0.1) is 0 Å². The van der Waals surface area contributed by atoms with Crippen LogP contribution in [0.5, 0.6) is 0 Å². The first kappa shape index (κ1) is 17.2. The normalized spacial score (nSPS) is 32.0. The van der Waals surface area contributed by atoms with Crippen molar-refractivity contribution < 1.29 is 58.6 Å². The summed E-state index contributed by atoms with van der Waals surface area (Å²) in [6, 6.07) is 1.64. The Morgan fingerprint density at radius 3 is 2.96 bits per heavy atom. The van der Waals surface area contributed by atoms with Crippen LogP contribution in [0.15, 0.2) is 29.7 Å². The Kier molecular flexibility index (Phi) is 4.73. The van der Waals surface area contributed by atoms with Gasteiger partial charge in [-0.2, -0.15) is 10.1 Å². The summed E-state index contributed by atoms with van der Waals surface area (Å²) in [7, 11) is 0. The van der Waals surface area contributed by atoms with Crippen LogP contribution in [0.1, 0.15) is 19.6 Å². The van der Waals surface area contributed by atoms with Crippen LogP contribution in [0.4, 0.5) is 0 Å². The smallest absolute Gasteiger partial charge is 0.351 e. The quantitative estimate of drug-likeness (QED) is 0.556. The van der Waals surface area contributed by atoms with Crippen molar-refractivity contribution >= 4 is 0 Å². The van der Waals surface area contributed by atoms with Crippen LogP contribution in [0.3, 0.4) is 0 Å². The van der Waals surface area contributed by atoms with Gasteiger partial charge in [0.2, 0.25) is 0 Å². The molecule has 4 unspecified atom stereocenters. The molecule has 2 aromatic rings.